The van der Waals surface area contributed by atoms with Gasteiger partial charge < -0.3 is 15.0 Å². The van der Waals surface area contributed by atoms with Crippen LogP contribution >= 0.6 is 0 Å². The second-order valence-electron chi connectivity index (χ2n) is 8.02. The summed E-state index contributed by atoms with van der Waals surface area (Å²) in [4.78, 5) is 0. The van der Waals surface area contributed by atoms with Crippen LogP contribution in [0.3, 0.4) is 0 Å². The monoisotopic (exact) mass is 450 g/mol. The zero-order valence-corrected chi connectivity index (χ0v) is 19.4. The molecule has 1 aliphatic rings. The number of nitrogens with zero attached hydrogens (tertiary/aromatic N) is 5. The lowest BCUT2D eigenvalue weighted by Crippen LogP contribution is -2.40. The summed E-state index contributed by atoms with van der Waals surface area (Å²) in [5.41, 5.74) is 11.7. The molecule has 0 bridgehead atoms. The van der Waals surface area contributed by atoms with Crippen molar-refractivity contribution in [3.05, 3.63) is 83.2 Å². The molecule has 7 nitrogen and oxygen atoms in total. The van der Waals surface area contributed by atoms with E-state index in [0.29, 0.717) is 17.9 Å². The van der Waals surface area contributed by atoms with E-state index in [2.05, 4.69) is 21.8 Å². The topological polar surface area (TPSA) is 103 Å². The first-order chi connectivity index (χ1) is 16.5. The molecule has 2 atom stereocenters. The predicted octanol–water partition coefficient (Wildman–Crippen LogP) is 4.70. The largest absolute Gasteiger partial charge is 0.494 e. The number of hydrazone groups is 1. The normalized spacial score (nSPS) is 17.8. The summed E-state index contributed by atoms with van der Waals surface area (Å²) < 4.78 is 7.67. The minimum atomic E-state index is -0.722. The van der Waals surface area contributed by atoms with Crippen molar-refractivity contribution in [3.8, 4) is 23.6 Å². The van der Waals surface area contributed by atoms with E-state index in [1.54, 1.807) is 11.1 Å². The summed E-state index contributed by atoms with van der Waals surface area (Å²) in [5, 5.41) is 26.0. The van der Waals surface area contributed by atoms with Gasteiger partial charge in [-0.15, -0.1) is 0 Å². The molecule has 0 amide bonds. The van der Waals surface area contributed by atoms with Gasteiger partial charge in [-0.3, -0.25) is 0 Å². The van der Waals surface area contributed by atoms with Crippen molar-refractivity contribution in [3.63, 3.8) is 0 Å². The molecule has 0 saturated carbocycles. The maximum absolute atomic E-state index is 9.98. The summed E-state index contributed by atoms with van der Waals surface area (Å²) in [6.07, 6.45) is 1.12. The fraction of sp³-hybridized carbons (Fsp3) is 0.222. The summed E-state index contributed by atoms with van der Waals surface area (Å²) in [7, 11) is 0. The number of rotatable bonds is 6. The Morgan fingerprint density at radius 1 is 1.09 bits per heavy atom. The lowest BCUT2D eigenvalue weighted by molar-refractivity contribution is 0.340. The van der Waals surface area contributed by atoms with Gasteiger partial charge in [0.05, 0.1) is 29.6 Å². The Morgan fingerprint density at radius 2 is 1.79 bits per heavy atom. The number of ether oxygens (including phenoxy) is 1. The Hall–Kier alpha value is -4.33. The minimum Gasteiger partial charge on any atom is -0.494 e. The Balaban J connectivity index is 1.72. The molecule has 3 aromatic rings. The fourth-order valence-electron chi connectivity index (χ4n) is 4.23. The standard InChI is InChI=1S/C27H26N6O/c1-4-34-24-12-10-22(11-13-24)32-18(2)14-20(19(32)3)15-21(16-28)26-25(17-29)27(30)33(31-26)23-8-6-5-7-9-23/h5-15,25,27H,4,30H2,1-3H3/b21-15-/t25-,27-/m1/s1. The molecular formula is C27H26N6O. The number of para-hydroxylation sites is 1. The number of allylic oxidation sites excluding steroid dienone is 1. The number of benzene rings is 2. The summed E-state index contributed by atoms with van der Waals surface area (Å²) in [6.45, 7) is 6.60. The highest BCUT2D eigenvalue weighted by Crippen LogP contribution is 2.30. The van der Waals surface area contributed by atoms with Gasteiger partial charge in [-0.05, 0) is 74.9 Å². The van der Waals surface area contributed by atoms with Crippen molar-refractivity contribution in [1.29, 1.82) is 10.5 Å². The Labute approximate surface area is 199 Å². The van der Waals surface area contributed by atoms with E-state index in [0.717, 1.165) is 34.1 Å². The van der Waals surface area contributed by atoms with E-state index in [1.165, 1.54) is 0 Å². The number of nitriles is 2. The lowest BCUT2D eigenvalue weighted by atomic mass is 9.95. The number of hydrogen-bond acceptors (Lipinski definition) is 6. The van der Waals surface area contributed by atoms with Crippen LogP contribution in [0.4, 0.5) is 5.69 Å². The number of nitrogens with two attached hydrogens (primary N) is 1. The van der Waals surface area contributed by atoms with Crippen molar-refractivity contribution in [2.24, 2.45) is 16.8 Å². The lowest BCUT2D eigenvalue weighted by Gasteiger charge is -2.21. The number of aryl methyl sites for hydroxylation is 1. The quantitative estimate of drug-likeness (QED) is 0.548. The second-order valence-corrected chi connectivity index (χ2v) is 8.02. The maximum Gasteiger partial charge on any atom is 0.127 e. The maximum atomic E-state index is 9.98. The molecule has 0 fully saturated rings. The Kier molecular flexibility index (Phi) is 6.49. The van der Waals surface area contributed by atoms with E-state index in [4.69, 9.17) is 10.5 Å². The van der Waals surface area contributed by atoms with Crippen LogP contribution in [0.5, 0.6) is 5.75 Å². The average molecular weight is 451 g/mol. The van der Waals surface area contributed by atoms with Crippen LogP contribution in [0.1, 0.15) is 23.9 Å². The van der Waals surface area contributed by atoms with Gasteiger partial charge in [-0.25, -0.2) is 5.01 Å². The van der Waals surface area contributed by atoms with E-state index >= 15 is 0 Å². The Bertz CT molecular complexity index is 1320. The number of aromatic nitrogens is 1. The third-order valence-corrected chi connectivity index (χ3v) is 5.87. The first-order valence-electron chi connectivity index (χ1n) is 11.1. The van der Waals surface area contributed by atoms with E-state index in [-0.39, 0.29) is 0 Å². The van der Waals surface area contributed by atoms with Gasteiger partial charge in [0.2, 0.25) is 0 Å². The molecular weight excluding hydrogens is 424 g/mol. The third kappa shape index (κ3) is 4.17. The molecule has 170 valence electrons. The first-order valence-corrected chi connectivity index (χ1v) is 11.1. The van der Waals surface area contributed by atoms with Gasteiger partial charge in [0, 0.05) is 17.1 Å². The van der Waals surface area contributed by atoms with Crippen molar-refractivity contribution < 1.29 is 4.74 Å². The molecule has 1 aliphatic heterocycles. The van der Waals surface area contributed by atoms with Crippen molar-refractivity contribution >= 4 is 17.5 Å². The molecule has 0 spiro atoms. The molecule has 2 aromatic carbocycles. The molecule has 0 radical (unpaired) electrons. The van der Waals surface area contributed by atoms with Crippen LogP contribution in [0.15, 0.2) is 71.3 Å². The molecule has 0 unspecified atom stereocenters. The fourth-order valence-corrected chi connectivity index (χ4v) is 4.23. The third-order valence-electron chi connectivity index (χ3n) is 5.87. The van der Waals surface area contributed by atoms with Gasteiger partial charge in [0.15, 0.2) is 0 Å². The van der Waals surface area contributed by atoms with Crippen molar-refractivity contribution in [2.75, 3.05) is 11.6 Å². The van der Waals surface area contributed by atoms with Crippen LogP contribution in [-0.2, 0) is 0 Å². The van der Waals surface area contributed by atoms with E-state index in [9.17, 15) is 10.5 Å². The van der Waals surface area contributed by atoms with Gasteiger partial charge >= 0.3 is 0 Å². The Morgan fingerprint density at radius 3 is 2.41 bits per heavy atom. The van der Waals surface area contributed by atoms with Crippen molar-refractivity contribution in [2.45, 2.75) is 26.9 Å². The molecule has 0 aliphatic carbocycles. The summed E-state index contributed by atoms with van der Waals surface area (Å²) in [6, 6.07) is 23.8. The zero-order valence-electron chi connectivity index (χ0n) is 19.4. The predicted molar refractivity (Wildman–Crippen MR) is 133 cm³/mol. The van der Waals surface area contributed by atoms with E-state index in [1.807, 2.05) is 81.4 Å². The molecule has 1 aromatic heterocycles. The first kappa shape index (κ1) is 22.8. The smallest absolute Gasteiger partial charge is 0.127 e. The van der Waals surface area contributed by atoms with Gasteiger partial charge in [-0.1, -0.05) is 18.2 Å². The molecule has 2 N–H and O–H groups in total. The number of hydrogen-bond donors (Lipinski definition) is 1. The van der Waals surface area contributed by atoms with Gasteiger partial charge in [0.25, 0.3) is 0 Å². The molecule has 34 heavy (non-hydrogen) atoms. The SMILES string of the molecule is CCOc1ccc(-n2c(C)cc(/C=C(/C#N)C3=NN(c4ccccc4)[C@@H](N)[C@@H]3C#N)c2C)cc1. The molecule has 0 saturated heterocycles. The van der Waals surface area contributed by atoms with Crippen LogP contribution in [0.25, 0.3) is 11.8 Å². The highest BCUT2D eigenvalue weighted by Gasteiger charge is 2.37. The molecule has 4 rings (SSSR count). The van der Waals surface area contributed by atoms with E-state index < -0.39 is 12.1 Å². The van der Waals surface area contributed by atoms with Crippen LogP contribution < -0.4 is 15.5 Å². The zero-order chi connectivity index (χ0) is 24.2. The van der Waals surface area contributed by atoms with Crippen molar-refractivity contribution in [1.82, 2.24) is 4.57 Å². The molecule has 2 heterocycles. The highest BCUT2D eigenvalue weighted by molar-refractivity contribution is 6.11. The molecule has 7 heteroatoms. The highest BCUT2D eigenvalue weighted by atomic mass is 16.5. The minimum absolute atomic E-state index is 0.326. The number of anilines is 1. The summed E-state index contributed by atoms with van der Waals surface area (Å²) >= 11 is 0. The van der Waals surface area contributed by atoms with Gasteiger partial charge in [-0.2, -0.15) is 15.6 Å². The average Bonchev–Trinajstić information content (AvgIpc) is 3.33. The van der Waals surface area contributed by atoms with Crippen LogP contribution in [-0.4, -0.2) is 23.1 Å². The van der Waals surface area contributed by atoms with Crippen LogP contribution in [0.2, 0.25) is 0 Å². The van der Waals surface area contributed by atoms with Crippen LogP contribution in [0, 0.1) is 42.4 Å². The second kappa shape index (κ2) is 9.66. The summed E-state index contributed by atoms with van der Waals surface area (Å²) in [5.74, 6) is 0.0994. The van der Waals surface area contributed by atoms with Gasteiger partial charge in [0.1, 0.15) is 23.9 Å².